The molecule has 5 heteroatoms. The molecule has 0 spiro atoms. The lowest BCUT2D eigenvalue weighted by atomic mass is 10.0. The van der Waals surface area contributed by atoms with Gasteiger partial charge in [0.15, 0.2) is 0 Å². The molecule has 0 unspecified atom stereocenters. The largest absolute Gasteiger partial charge is 0.396 e. The second kappa shape index (κ2) is 4.23. The molecular formula is C9H16N4O. The van der Waals surface area contributed by atoms with Crippen LogP contribution in [0.15, 0.2) is 12.1 Å². The minimum atomic E-state index is -0.195. The molecule has 0 aliphatic rings. The monoisotopic (exact) mass is 196 g/mol. The summed E-state index contributed by atoms with van der Waals surface area (Å²) in [5.41, 5.74) is 5.21. The number of hydrogen-bond acceptors (Lipinski definition) is 5. The van der Waals surface area contributed by atoms with Crippen LogP contribution in [0.5, 0.6) is 0 Å². The molecule has 14 heavy (non-hydrogen) atoms. The number of anilines is 2. The van der Waals surface area contributed by atoms with E-state index in [1.54, 1.807) is 12.1 Å². The van der Waals surface area contributed by atoms with Crippen molar-refractivity contribution in [1.82, 2.24) is 10.2 Å². The van der Waals surface area contributed by atoms with Crippen LogP contribution in [0.3, 0.4) is 0 Å². The van der Waals surface area contributed by atoms with E-state index in [0.717, 1.165) is 0 Å². The van der Waals surface area contributed by atoms with Crippen LogP contribution >= 0.6 is 0 Å². The zero-order chi connectivity index (χ0) is 10.6. The summed E-state index contributed by atoms with van der Waals surface area (Å²) in [4.78, 5) is 0. The molecule has 0 aliphatic heterocycles. The van der Waals surface area contributed by atoms with E-state index in [2.05, 4.69) is 15.5 Å². The second-order valence-electron chi connectivity index (χ2n) is 3.83. The summed E-state index contributed by atoms with van der Waals surface area (Å²) >= 11 is 0. The summed E-state index contributed by atoms with van der Waals surface area (Å²) in [7, 11) is 0. The number of aromatic nitrogens is 2. The quantitative estimate of drug-likeness (QED) is 0.657. The van der Waals surface area contributed by atoms with Crippen molar-refractivity contribution in [3.05, 3.63) is 12.1 Å². The van der Waals surface area contributed by atoms with Gasteiger partial charge in [0.25, 0.3) is 0 Å². The third kappa shape index (κ3) is 3.18. The van der Waals surface area contributed by atoms with E-state index in [0.29, 0.717) is 18.1 Å². The Morgan fingerprint density at radius 1 is 1.43 bits per heavy atom. The summed E-state index contributed by atoms with van der Waals surface area (Å²) in [6.07, 6.45) is 0.652. The van der Waals surface area contributed by atoms with E-state index in [4.69, 9.17) is 10.8 Å². The summed E-state index contributed by atoms with van der Waals surface area (Å²) in [6, 6.07) is 3.45. The molecule has 0 fully saturated rings. The molecule has 1 heterocycles. The van der Waals surface area contributed by atoms with E-state index >= 15 is 0 Å². The Balaban J connectivity index is 2.64. The van der Waals surface area contributed by atoms with Gasteiger partial charge in [-0.05, 0) is 32.4 Å². The highest BCUT2D eigenvalue weighted by atomic mass is 16.3. The molecule has 0 saturated heterocycles. The zero-order valence-electron chi connectivity index (χ0n) is 8.49. The van der Waals surface area contributed by atoms with Crippen molar-refractivity contribution in [3.63, 3.8) is 0 Å². The van der Waals surface area contributed by atoms with Gasteiger partial charge in [-0.3, -0.25) is 0 Å². The predicted octanol–water partition coefficient (Wildman–Crippen LogP) is 0.632. The van der Waals surface area contributed by atoms with Gasteiger partial charge in [0.2, 0.25) is 0 Å². The lowest BCUT2D eigenvalue weighted by Gasteiger charge is -2.25. The Morgan fingerprint density at radius 2 is 2.14 bits per heavy atom. The smallest absolute Gasteiger partial charge is 0.149 e. The lowest BCUT2D eigenvalue weighted by molar-refractivity contribution is 0.260. The molecule has 0 amide bonds. The van der Waals surface area contributed by atoms with Gasteiger partial charge < -0.3 is 16.2 Å². The Labute approximate surface area is 83.3 Å². The van der Waals surface area contributed by atoms with Gasteiger partial charge in [-0.2, -0.15) is 0 Å². The first-order valence-corrected chi connectivity index (χ1v) is 4.52. The molecule has 0 saturated carbocycles. The molecule has 1 rings (SSSR count). The van der Waals surface area contributed by atoms with Gasteiger partial charge in [-0.25, -0.2) is 0 Å². The van der Waals surface area contributed by atoms with Gasteiger partial charge in [-0.15, -0.1) is 10.2 Å². The van der Waals surface area contributed by atoms with Crippen LogP contribution < -0.4 is 11.1 Å². The fourth-order valence-corrected chi connectivity index (χ4v) is 1.10. The Morgan fingerprint density at radius 3 is 2.64 bits per heavy atom. The fraction of sp³-hybridized carbons (Fsp3) is 0.556. The third-order valence-corrected chi connectivity index (χ3v) is 1.89. The highest BCUT2D eigenvalue weighted by molar-refractivity contribution is 5.40. The van der Waals surface area contributed by atoms with Crippen LogP contribution in [0, 0.1) is 0 Å². The molecular weight excluding hydrogens is 180 g/mol. The van der Waals surface area contributed by atoms with Crippen molar-refractivity contribution in [2.45, 2.75) is 25.8 Å². The summed E-state index contributed by atoms with van der Waals surface area (Å²) < 4.78 is 0. The topological polar surface area (TPSA) is 84.1 Å². The Bertz CT molecular complexity index is 283. The summed E-state index contributed by atoms with van der Waals surface area (Å²) in [6.45, 7) is 4.12. The normalized spacial score (nSPS) is 11.4. The number of nitrogen functional groups attached to an aromatic ring is 1. The molecule has 4 N–H and O–H groups in total. The first kappa shape index (κ1) is 10.7. The van der Waals surface area contributed by atoms with Crippen LogP contribution in [0.4, 0.5) is 11.6 Å². The minimum Gasteiger partial charge on any atom is -0.396 e. The van der Waals surface area contributed by atoms with Crippen LogP contribution in [-0.4, -0.2) is 27.4 Å². The van der Waals surface area contributed by atoms with E-state index in [1.165, 1.54) is 0 Å². The van der Waals surface area contributed by atoms with Crippen molar-refractivity contribution < 1.29 is 5.11 Å². The number of rotatable bonds is 4. The number of nitrogens with one attached hydrogen (secondary N) is 1. The first-order chi connectivity index (χ1) is 6.53. The SMILES string of the molecule is CC(C)(CCO)Nc1ccc(N)nn1. The van der Waals surface area contributed by atoms with Crippen LogP contribution in [0.2, 0.25) is 0 Å². The average Bonchev–Trinajstić information content (AvgIpc) is 2.08. The molecule has 0 bridgehead atoms. The first-order valence-electron chi connectivity index (χ1n) is 4.52. The Kier molecular flexibility index (Phi) is 3.24. The standard InChI is InChI=1S/C9H16N4O/c1-9(2,5-6-14)11-8-4-3-7(10)12-13-8/h3-4,14H,5-6H2,1-2H3,(H2,10,12)(H,11,13). The predicted molar refractivity (Wildman–Crippen MR) is 55.8 cm³/mol. The molecule has 0 radical (unpaired) electrons. The summed E-state index contributed by atoms with van der Waals surface area (Å²) in [5, 5.41) is 19.6. The van der Waals surface area contributed by atoms with Crippen molar-refractivity contribution in [1.29, 1.82) is 0 Å². The fourth-order valence-electron chi connectivity index (χ4n) is 1.10. The maximum absolute atomic E-state index is 8.83. The van der Waals surface area contributed by atoms with Gasteiger partial charge in [0, 0.05) is 12.1 Å². The Hall–Kier alpha value is -1.36. The highest BCUT2D eigenvalue weighted by Crippen LogP contribution is 2.15. The number of nitrogens with zero attached hydrogens (tertiary/aromatic N) is 2. The van der Waals surface area contributed by atoms with Crippen molar-refractivity contribution in [2.24, 2.45) is 0 Å². The third-order valence-electron chi connectivity index (χ3n) is 1.89. The molecule has 0 atom stereocenters. The van der Waals surface area contributed by atoms with E-state index in [1.807, 2.05) is 13.8 Å². The van der Waals surface area contributed by atoms with Gasteiger partial charge in [0.05, 0.1) is 0 Å². The van der Waals surface area contributed by atoms with Crippen molar-refractivity contribution in [2.75, 3.05) is 17.7 Å². The molecule has 5 nitrogen and oxygen atoms in total. The van der Waals surface area contributed by atoms with E-state index < -0.39 is 0 Å². The van der Waals surface area contributed by atoms with Gasteiger partial charge in [-0.1, -0.05) is 0 Å². The zero-order valence-corrected chi connectivity index (χ0v) is 8.49. The van der Waals surface area contributed by atoms with E-state index in [9.17, 15) is 0 Å². The molecule has 0 aromatic carbocycles. The van der Waals surface area contributed by atoms with Crippen molar-refractivity contribution in [3.8, 4) is 0 Å². The maximum Gasteiger partial charge on any atom is 0.149 e. The maximum atomic E-state index is 8.83. The molecule has 1 aromatic rings. The number of aliphatic hydroxyl groups excluding tert-OH is 1. The van der Waals surface area contributed by atoms with Crippen LogP contribution in [-0.2, 0) is 0 Å². The lowest BCUT2D eigenvalue weighted by Crippen LogP contribution is -2.32. The minimum absolute atomic E-state index is 0.141. The van der Waals surface area contributed by atoms with Crippen LogP contribution in [0.25, 0.3) is 0 Å². The second-order valence-corrected chi connectivity index (χ2v) is 3.83. The highest BCUT2D eigenvalue weighted by Gasteiger charge is 2.16. The molecule has 78 valence electrons. The van der Waals surface area contributed by atoms with Gasteiger partial charge >= 0.3 is 0 Å². The summed E-state index contributed by atoms with van der Waals surface area (Å²) in [5.74, 6) is 1.06. The van der Waals surface area contributed by atoms with Crippen molar-refractivity contribution >= 4 is 11.6 Å². The van der Waals surface area contributed by atoms with Gasteiger partial charge in [0.1, 0.15) is 11.6 Å². The van der Waals surface area contributed by atoms with E-state index in [-0.39, 0.29) is 12.1 Å². The van der Waals surface area contributed by atoms with Crippen LogP contribution in [0.1, 0.15) is 20.3 Å². The number of aliphatic hydroxyl groups is 1. The number of hydrogen-bond donors (Lipinski definition) is 3. The number of nitrogens with two attached hydrogens (primary N) is 1. The average molecular weight is 196 g/mol. The molecule has 1 aromatic heterocycles. The molecule has 0 aliphatic carbocycles.